The van der Waals surface area contributed by atoms with Gasteiger partial charge in [-0.25, -0.2) is 8.42 Å². The predicted octanol–water partition coefficient (Wildman–Crippen LogP) is 1.79. The second-order valence-corrected chi connectivity index (χ2v) is 9.40. The topological polar surface area (TPSA) is 87.0 Å². The van der Waals surface area contributed by atoms with E-state index in [-0.39, 0.29) is 16.6 Å². The normalized spacial score (nSPS) is 21.0. The van der Waals surface area contributed by atoms with Gasteiger partial charge in [-0.3, -0.25) is 4.79 Å². The quantitative estimate of drug-likeness (QED) is 0.752. The molecule has 8 nitrogen and oxygen atoms in total. The fourth-order valence-corrected chi connectivity index (χ4v) is 6.22. The van der Waals surface area contributed by atoms with Crippen molar-refractivity contribution in [2.45, 2.75) is 37.6 Å². The highest BCUT2D eigenvalue weighted by atomic mass is 32.2. The molecule has 2 aliphatic rings. The fraction of sp³-hybridized carbons (Fsp3) is 0.500. The molecule has 0 N–H and O–H groups in total. The van der Waals surface area contributed by atoms with E-state index >= 15 is 0 Å². The molecule has 1 amide bonds. The van der Waals surface area contributed by atoms with Crippen LogP contribution in [0.25, 0.3) is 0 Å². The van der Waals surface area contributed by atoms with E-state index in [2.05, 4.69) is 22.2 Å². The first-order chi connectivity index (χ1) is 13.9. The van der Waals surface area contributed by atoms with Gasteiger partial charge >= 0.3 is 0 Å². The number of anilines is 1. The molecular formula is C20H26N4O4S. The van der Waals surface area contributed by atoms with E-state index in [1.807, 2.05) is 18.2 Å². The van der Waals surface area contributed by atoms with E-state index < -0.39 is 16.1 Å². The highest BCUT2D eigenvalue weighted by Crippen LogP contribution is 2.31. The van der Waals surface area contributed by atoms with Crippen molar-refractivity contribution in [3.63, 3.8) is 0 Å². The summed E-state index contributed by atoms with van der Waals surface area (Å²) in [7, 11) is -3.82. The summed E-state index contributed by atoms with van der Waals surface area (Å²) in [6.07, 6.45) is 1.21. The summed E-state index contributed by atoms with van der Waals surface area (Å²) in [4.78, 5) is 17.3. The van der Waals surface area contributed by atoms with Crippen molar-refractivity contribution in [1.82, 2.24) is 14.4 Å². The molecule has 0 bridgehead atoms. The summed E-state index contributed by atoms with van der Waals surface area (Å²) >= 11 is 0. The third-order valence-electron chi connectivity index (χ3n) is 5.74. The molecule has 0 spiro atoms. The number of benzene rings is 1. The van der Waals surface area contributed by atoms with Crippen molar-refractivity contribution in [2.24, 2.45) is 0 Å². The number of sulfonamides is 1. The molecule has 2 aliphatic heterocycles. The summed E-state index contributed by atoms with van der Waals surface area (Å²) in [6.45, 7) is 6.18. The maximum Gasteiger partial charge on any atom is 0.249 e. The Labute approximate surface area is 171 Å². The molecule has 156 valence electrons. The lowest BCUT2D eigenvalue weighted by molar-refractivity contribution is -0.134. The Balaban J connectivity index is 1.48. The Kier molecular flexibility index (Phi) is 5.35. The number of carbonyl (C=O) groups is 1. The Bertz CT molecular complexity index is 962. The van der Waals surface area contributed by atoms with Crippen LogP contribution in [-0.2, 0) is 14.8 Å². The number of aromatic nitrogens is 1. The van der Waals surface area contributed by atoms with E-state index in [1.54, 1.807) is 18.7 Å². The summed E-state index contributed by atoms with van der Waals surface area (Å²) in [5, 5.41) is 3.77. The van der Waals surface area contributed by atoms with Crippen LogP contribution in [0.5, 0.6) is 0 Å². The molecule has 1 aromatic carbocycles. The van der Waals surface area contributed by atoms with Crippen molar-refractivity contribution in [3.8, 4) is 0 Å². The number of para-hydroxylation sites is 1. The van der Waals surface area contributed by atoms with E-state index in [4.69, 9.17) is 4.52 Å². The number of piperazine rings is 1. The van der Waals surface area contributed by atoms with Crippen molar-refractivity contribution < 1.29 is 17.7 Å². The Morgan fingerprint density at radius 1 is 1.07 bits per heavy atom. The standard InChI is InChI=1S/C20H26N4O4S/c1-15-19(16(2)28-21-15)29(26,27)24-10-6-9-18(24)20(25)23-13-11-22(12-14-23)17-7-4-3-5-8-17/h3-5,7-8,18H,6,9-14H2,1-2H3/t18-/m0/s1. The second-order valence-electron chi connectivity index (χ2n) is 7.57. The zero-order valence-electron chi connectivity index (χ0n) is 16.7. The Morgan fingerprint density at radius 3 is 2.38 bits per heavy atom. The lowest BCUT2D eigenvalue weighted by atomic mass is 10.1. The molecule has 2 aromatic rings. The molecule has 1 atom stereocenters. The van der Waals surface area contributed by atoms with Crippen molar-refractivity contribution >= 4 is 21.6 Å². The lowest BCUT2D eigenvalue weighted by Gasteiger charge is -2.38. The third-order valence-corrected chi connectivity index (χ3v) is 7.89. The third kappa shape index (κ3) is 3.64. The van der Waals surface area contributed by atoms with Crippen LogP contribution in [0.2, 0.25) is 0 Å². The molecule has 0 radical (unpaired) electrons. The van der Waals surface area contributed by atoms with Gasteiger partial charge in [0.1, 0.15) is 16.6 Å². The van der Waals surface area contributed by atoms with Gasteiger partial charge in [-0.15, -0.1) is 0 Å². The molecule has 2 fully saturated rings. The van der Waals surface area contributed by atoms with E-state index in [0.29, 0.717) is 38.2 Å². The van der Waals surface area contributed by atoms with Gasteiger partial charge < -0.3 is 14.3 Å². The number of rotatable bonds is 4. The first-order valence-corrected chi connectivity index (χ1v) is 11.4. The summed E-state index contributed by atoms with van der Waals surface area (Å²) < 4.78 is 32.8. The molecule has 1 aromatic heterocycles. The molecule has 2 saturated heterocycles. The number of hydrogen-bond acceptors (Lipinski definition) is 6. The minimum atomic E-state index is -3.82. The van der Waals surface area contributed by atoms with Gasteiger partial charge in [0.15, 0.2) is 5.76 Å². The number of carbonyl (C=O) groups excluding carboxylic acids is 1. The van der Waals surface area contributed by atoms with E-state index in [9.17, 15) is 13.2 Å². The Hall–Kier alpha value is -2.39. The maximum absolute atomic E-state index is 13.2. The molecule has 3 heterocycles. The van der Waals surface area contributed by atoms with Gasteiger partial charge in [-0.05, 0) is 38.8 Å². The lowest BCUT2D eigenvalue weighted by Crippen LogP contribution is -2.54. The summed E-state index contributed by atoms with van der Waals surface area (Å²) in [6, 6.07) is 9.46. The monoisotopic (exact) mass is 418 g/mol. The molecule has 4 rings (SSSR count). The van der Waals surface area contributed by atoms with Gasteiger partial charge in [-0.1, -0.05) is 23.4 Å². The Morgan fingerprint density at radius 2 is 1.76 bits per heavy atom. The zero-order chi connectivity index (χ0) is 20.6. The molecular weight excluding hydrogens is 392 g/mol. The largest absolute Gasteiger partial charge is 0.368 e. The second kappa shape index (κ2) is 7.79. The van der Waals surface area contributed by atoms with Crippen LogP contribution in [0.4, 0.5) is 5.69 Å². The minimum Gasteiger partial charge on any atom is -0.368 e. The molecule has 0 saturated carbocycles. The predicted molar refractivity (Wildman–Crippen MR) is 108 cm³/mol. The molecule has 9 heteroatoms. The molecule has 0 unspecified atom stereocenters. The molecule has 0 aliphatic carbocycles. The maximum atomic E-state index is 13.2. The minimum absolute atomic E-state index is 0.0890. The first-order valence-electron chi connectivity index (χ1n) is 9.93. The van der Waals surface area contributed by atoms with Gasteiger partial charge in [0.2, 0.25) is 15.9 Å². The van der Waals surface area contributed by atoms with Crippen molar-refractivity contribution in [1.29, 1.82) is 0 Å². The number of amides is 1. The summed E-state index contributed by atoms with van der Waals surface area (Å²) in [5.74, 6) is 0.155. The number of aryl methyl sites for hydroxylation is 2. The van der Waals surface area contributed by atoms with Gasteiger partial charge in [0.05, 0.1) is 0 Å². The number of hydrogen-bond donors (Lipinski definition) is 0. The average Bonchev–Trinajstić information content (AvgIpc) is 3.35. The van der Waals surface area contributed by atoms with Gasteiger partial charge in [-0.2, -0.15) is 4.31 Å². The highest BCUT2D eigenvalue weighted by molar-refractivity contribution is 7.89. The van der Waals surface area contributed by atoms with Crippen LogP contribution < -0.4 is 4.90 Å². The SMILES string of the molecule is Cc1noc(C)c1S(=O)(=O)N1CCC[C@H]1C(=O)N1CCN(c2ccccc2)CC1. The van der Waals surface area contributed by atoms with Crippen LogP contribution in [0.15, 0.2) is 39.8 Å². The van der Waals surface area contributed by atoms with Crippen LogP contribution in [0, 0.1) is 13.8 Å². The first kappa shape index (κ1) is 19.9. The van der Waals surface area contributed by atoms with Crippen LogP contribution in [0.3, 0.4) is 0 Å². The van der Waals surface area contributed by atoms with E-state index in [1.165, 1.54) is 4.31 Å². The van der Waals surface area contributed by atoms with E-state index in [0.717, 1.165) is 18.8 Å². The van der Waals surface area contributed by atoms with Crippen molar-refractivity contribution in [3.05, 3.63) is 41.8 Å². The fourth-order valence-electron chi connectivity index (χ4n) is 4.27. The number of nitrogens with zero attached hydrogens (tertiary/aromatic N) is 4. The average molecular weight is 419 g/mol. The molecule has 29 heavy (non-hydrogen) atoms. The summed E-state index contributed by atoms with van der Waals surface area (Å²) in [5.41, 5.74) is 1.47. The zero-order valence-corrected chi connectivity index (χ0v) is 17.6. The van der Waals surface area contributed by atoms with Crippen LogP contribution in [-0.4, -0.2) is 67.5 Å². The van der Waals surface area contributed by atoms with Crippen LogP contribution in [0.1, 0.15) is 24.3 Å². The van der Waals surface area contributed by atoms with Crippen LogP contribution >= 0.6 is 0 Å². The highest BCUT2D eigenvalue weighted by Gasteiger charge is 2.43. The smallest absolute Gasteiger partial charge is 0.249 e. The van der Waals surface area contributed by atoms with Gasteiger partial charge in [0.25, 0.3) is 0 Å². The van der Waals surface area contributed by atoms with Crippen molar-refractivity contribution in [2.75, 3.05) is 37.6 Å². The van der Waals surface area contributed by atoms with Gasteiger partial charge in [0, 0.05) is 38.4 Å².